The third kappa shape index (κ3) is 30.7. The largest absolute Gasteiger partial charge is 0.481 e. The summed E-state index contributed by atoms with van der Waals surface area (Å²) in [7, 11) is 8.50. The molecule has 0 heterocycles. The van der Waals surface area contributed by atoms with Gasteiger partial charge in [0.15, 0.2) is 0 Å². The first-order valence-corrected chi connectivity index (χ1v) is 4.33. The molecule has 0 saturated heterocycles. The Morgan fingerprint density at radius 2 is 1.57 bits per heavy atom. The predicted octanol–water partition coefficient (Wildman–Crippen LogP) is 0.347. The lowest BCUT2D eigenvalue weighted by molar-refractivity contribution is -0.849. The van der Waals surface area contributed by atoms with Crippen molar-refractivity contribution in [3.63, 3.8) is 0 Å². The van der Waals surface area contributed by atoms with E-state index in [0.717, 1.165) is 4.48 Å². The highest BCUT2D eigenvalue weighted by Crippen LogP contribution is 1.84. The number of aliphatic carboxylic acids is 1. The van der Waals surface area contributed by atoms with E-state index in [1.807, 2.05) is 0 Å². The molecule has 84 valence electrons. The average Bonchev–Trinajstić information content (AvgIpc) is 1.80. The monoisotopic (exact) mass is 206 g/mol. The first-order valence-electron chi connectivity index (χ1n) is 4.33. The Hall–Kier alpha value is -1.10. The van der Waals surface area contributed by atoms with Gasteiger partial charge in [-0.2, -0.15) is 0 Å². The van der Waals surface area contributed by atoms with Crippen molar-refractivity contribution in [2.75, 3.05) is 34.8 Å². The van der Waals surface area contributed by atoms with Gasteiger partial charge in [-0.25, -0.2) is 0 Å². The van der Waals surface area contributed by atoms with Crippen molar-refractivity contribution in [1.82, 2.24) is 0 Å². The Bertz CT molecular complexity index is 178. The van der Waals surface area contributed by atoms with Crippen LogP contribution in [0.3, 0.4) is 0 Å². The third-order valence-electron chi connectivity index (χ3n) is 0.601. The number of carbonyl (C=O) groups excluding carboxylic acids is 1. The van der Waals surface area contributed by atoms with Gasteiger partial charge in [0, 0.05) is 0 Å². The fourth-order valence-electron chi connectivity index (χ4n) is 0.335. The summed E-state index contributed by atoms with van der Waals surface area (Å²) in [5.41, 5.74) is 0. The maximum Gasteiger partial charge on any atom is 0.317 e. The molecule has 1 N–H and O–H groups in total. The van der Waals surface area contributed by atoms with E-state index in [1.54, 1.807) is 6.92 Å². The van der Waals surface area contributed by atoms with Crippen LogP contribution in [0.4, 0.5) is 0 Å². The van der Waals surface area contributed by atoms with Crippen LogP contribution < -0.4 is 0 Å². The molecule has 0 saturated carbocycles. The summed E-state index contributed by atoms with van der Waals surface area (Å²) in [6, 6.07) is 0. The maximum atomic E-state index is 10.3. The fourth-order valence-corrected chi connectivity index (χ4v) is 0.335. The van der Waals surface area contributed by atoms with E-state index < -0.39 is 18.4 Å². The third-order valence-corrected chi connectivity index (χ3v) is 0.601. The SMILES string of the molecule is CCOC(=O)CC(=O)O.C[N+](C)(C)C. The van der Waals surface area contributed by atoms with E-state index in [4.69, 9.17) is 5.11 Å². The van der Waals surface area contributed by atoms with Crippen molar-refractivity contribution >= 4 is 11.9 Å². The first-order chi connectivity index (χ1) is 6.16. The van der Waals surface area contributed by atoms with Gasteiger partial charge in [0.25, 0.3) is 0 Å². The van der Waals surface area contributed by atoms with Crippen molar-refractivity contribution in [1.29, 1.82) is 0 Å². The summed E-state index contributed by atoms with van der Waals surface area (Å²) < 4.78 is 5.33. The number of nitrogens with zero attached hydrogens (tertiary/aromatic N) is 1. The van der Waals surface area contributed by atoms with Gasteiger partial charge in [-0.3, -0.25) is 9.59 Å². The Labute approximate surface area is 84.9 Å². The summed E-state index contributed by atoms with van der Waals surface area (Å²) in [4.78, 5) is 20.0. The van der Waals surface area contributed by atoms with Crippen molar-refractivity contribution in [3.8, 4) is 0 Å². The summed E-state index contributed by atoms with van der Waals surface area (Å²) in [6.45, 7) is 1.85. The molecule has 0 amide bonds. The van der Waals surface area contributed by atoms with Crippen LogP contribution in [-0.2, 0) is 14.3 Å². The number of hydrogen-bond acceptors (Lipinski definition) is 3. The van der Waals surface area contributed by atoms with E-state index in [2.05, 4.69) is 32.9 Å². The Balaban J connectivity index is 0. The summed E-state index contributed by atoms with van der Waals surface area (Å²) in [6.07, 6.45) is -0.548. The number of carboxylic acids is 1. The number of rotatable bonds is 3. The number of quaternary nitrogens is 1. The normalized spacial score (nSPS) is 9.79. The van der Waals surface area contributed by atoms with Crippen molar-refractivity contribution in [3.05, 3.63) is 0 Å². The van der Waals surface area contributed by atoms with E-state index >= 15 is 0 Å². The number of hydrogen-bond donors (Lipinski definition) is 1. The molecule has 0 fully saturated rings. The molecule has 0 aromatic heterocycles. The van der Waals surface area contributed by atoms with E-state index in [9.17, 15) is 9.59 Å². The molecule has 0 radical (unpaired) electrons. The van der Waals surface area contributed by atoms with Gasteiger partial charge >= 0.3 is 11.9 Å². The Kier molecular flexibility index (Phi) is 8.04. The van der Waals surface area contributed by atoms with E-state index in [0.29, 0.717) is 0 Å². The van der Waals surface area contributed by atoms with Gasteiger partial charge in [0.05, 0.1) is 34.8 Å². The van der Waals surface area contributed by atoms with E-state index in [-0.39, 0.29) is 6.61 Å². The minimum Gasteiger partial charge on any atom is -0.481 e. The minimum atomic E-state index is -1.16. The highest BCUT2D eigenvalue weighted by atomic mass is 16.5. The van der Waals surface area contributed by atoms with Crippen LogP contribution in [0, 0.1) is 0 Å². The molecule has 14 heavy (non-hydrogen) atoms. The topological polar surface area (TPSA) is 63.6 Å². The molecule has 0 aliphatic carbocycles. The highest BCUT2D eigenvalue weighted by Gasteiger charge is 2.06. The zero-order valence-electron chi connectivity index (χ0n) is 9.53. The van der Waals surface area contributed by atoms with Crippen LogP contribution in [-0.4, -0.2) is 56.3 Å². The molecule has 0 spiro atoms. The van der Waals surface area contributed by atoms with Crippen LogP contribution in [0.25, 0.3) is 0 Å². The minimum absolute atomic E-state index is 0.228. The summed E-state index contributed by atoms with van der Waals surface area (Å²) >= 11 is 0. The lowest BCUT2D eigenvalue weighted by Crippen LogP contribution is -2.27. The van der Waals surface area contributed by atoms with Gasteiger partial charge in [-0.05, 0) is 6.92 Å². The first kappa shape index (κ1) is 15.4. The van der Waals surface area contributed by atoms with Gasteiger partial charge in [-0.1, -0.05) is 0 Å². The Morgan fingerprint density at radius 3 is 1.79 bits per heavy atom. The van der Waals surface area contributed by atoms with Crippen LogP contribution >= 0.6 is 0 Å². The van der Waals surface area contributed by atoms with Crippen LogP contribution in [0.1, 0.15) is 13.3 Å². The molecule has 5 heteroatoms. The number of carboxylic acid groups (broad SMARTS) is 1. The molecule has 0 unspecified atom stereocenters. The second-order valence-corrected chi connectivity index (χ2v) is 4.06. The lowest BCUT2D eigenvalue weighted by atomic mass is 10.4. The smallest absolute Gasteiger partial charge is 0.317 e. The number of esters is 1. The zero-order chi connectivity index (χ0) is 11.8. The Morgan fingerprint density at radius 1 is 1.21 bits per heavy atom. The quantitative estimate of drug-likeness (QED) is 0.411. The molecule has 0 atom stereocenters. The fraction of sp³-hybridized carbons (Fsp3) is 0.778. The molecule has 0 aromatic carbocycles. The molecule has 0 aromatic rings. The maximum absolute atomic E-state index is 10.3. The second-order valence-electron chi connectivity index (χ2n) is 4.06. The zero-order valence-corrected chi connectivity index (χ0v) is 9.53. The number of carbonyl (C=O) groups is 2. The van der Waals surface area contributed by atoms with Crippen LogP contribution in [0.2, 0.25) is 0 Å². The lowest BCUT2D eigenvalue weighted by Gasteiger charge is -2.14. The summed E-state index contributed by atoms with van der Waals surface area (Å²) in [5.74, 6) is -1.85. The standard InChI is InChI=1S/C5H8O4.C4H12N/c1-2-9-5(8)3-4(6)7;1-5(2,3)4/h2-3H2,1H3,(H,6,7);1-4H3/q;+1. The van der Waals surface area contributed by atoms with Gasteiger partial charge in [0.2, 0.25) is 0 Å². The van der Waals surface area contributed by atoms with E-state index in [1.165, 1.54) is 0 Å². The predicted molar refractivity (Wildman–Crippen MR) is 52.8 cm³/mol. The highest BCUT2D eigenvalue weighted by molar-refractivity contribution is 5.90. The average molecular weight is 206 g/mol. The van der Waals surface area contributed by atoms with Crippen molar-refractivity contribution < 1.29 is 23.9 Å². The van der Waals surface area contributed by atoms with Crippen molar-refractivity contribution in [2.24, 2.45) is 0 Å². The molecule has 0 aliphatic heterocycles. The number of ether oxygens (including phenoxy) is 1. The van der Waals surface area contributed by atoms with Gasteiger partial charge in [0.1, 0.15) is 6.42 Å². The molecule has 0 bridgehead atoms. The van der Waals surface area contributed by atoms with Crippen molar-refractivity contribution in [2.45, 2.75) is 13.3 Å². The second kappa shape index (κ2) is 7.32. The van der Waals surface area contributed by atoms with Crippen LogP contribution in [0.5, 0.6) is 0 Å². The molecule has 0 aliphatic rings. The van der Waals surface area contributed by atoms with Gasteiger partial charge in [-0.15, -0.1) is 0 Å². The summed E-state index contributed by atoms with van der Waals surface area (Å²) in [5, 5.41) is 8.01. The molecule has 0 rings (SSSR count). The van der Waals surface area contributed by atoms with Gasteiger partial charge < -0.3 is 14.3 Å². The molecular weight excluding hydrogens is 186 g/mol. The molecule has 5 nitrogen and oxygen atoms in total. The molecular formula is C9H20NO4+. The van der Waals surface area contributed by atoms with Crippen LogP contribution in [0.15, 0.2) is 0 Å².